The molecule has 2 aliphatic rings. The number of fused-ring (bicyclic) bond motifs is 1. The van der Waals surface area contributed by atoms with Gasteiger partial charge in [0.05, 0.1) is 11.4 Å². The van der Waals surface area contributed by atoms with Crippen molar-refractivity contribution >= 4 is 11.8 Å². The zero-order valence-electron chi connectivity index (χ0n) is 14.7. The number of nitrogens with one attached hydrogen (secondary N) is 2. The van der Waals surface area contributed by atoms with Crippen molar-refractivity contribution < 1.29 is 0 Å². The summed E-state index contributed by atoms with van der Waals surface area (Å²) in [5.41, 5.74) is 13.7. The highest BCUT2D eigenvalue weighted by molar-refractivity contribution is 6.10. The molecule has 124 valence electrons. The molecular formula is C19H28N4. The Morgan fingerprint density at radius 2 is 2.00 bits per heavy atom. The Kier molecular flexibility index (Phi) is 3.86. The zero-order valence-corrected chi connectivity index (χ0v) is 14.7. The number of hydrogen-bond donors (Lipinski definition) is 3. The van der Waals surface area contributed by atoms with E-state index in [1.165, 1.54) is 11.3 Å². The quantitative estimate of drug-likeness (QED) is 0.746. The maximum absolute atomic E-state index is 8.60. The van der Waals surface area contributed by atoms with Crippen LogP contribution < -0.4 is 5.73 Å². The minimum absolute atomic E-state index is 0.256. The van der Waals surface area contributed by atoms with Crippen LogP contribution in [0.4, 0.5) is 0 Å². The fourth-order valence-electron chi connectivity index (χ4n) is 3.62. The normalized spacial score (nSPS) is 20.1. The molecule has 4 heteroatoms. The molecule has 0 saturated carbocycles. The van der Waals surface area contributed by atoms with Gasteiger partial charge in [-0.05, 0) is 60.8 Å². The van der Waals surface area contributed by atoms with E-state index in [0.29, 0.717) is 5.71 Å². The standard InChI is InChI=1S/C19H28N4/c1-19(2)8-7-14(15(20)11-19)18(21)17-9-12-5-6-13(23(3)4)10-16(12)22-17/h9-10,21-22H,5-8,11,20H2,1-4H3. The average molecular weight is 312 g/mol. The van der Waals surface area contributed by atoms with E-state index < -0.39 is 0 Å². The third-order valence-electron chi connectivity index (χ3n) is 5.15. The SMILES string of the molecule is CN(C)C1=Cc2[nH]c(C(=N)C3=C(N)CC(C)(C)CC3)cc2CC1. The van der Waals surface area contributed by atoms with Crippen molar-refractivity contribution in [2.24, 2.45) is 11.1 Å². The second-order valence-corrected chi connectivity index (χ2v) is 7.87. The predicted molar refractivity (Wildman–Crippen MR) is 96.5 cm³/mol. The van der Waals surface area contributed by atoms with Crippen LogP contribution in [0.2, 0.25) is 0 Å². The van der Waals surface area contributed by atoms with Gasteiger partial charge in [-0.15, -0.1) is 0 Å². The van der Waals surface area contributed by atoms with Crippen LogP contribution in [-0.4, -0.2) is 29.7 Å². The second-order valence-electron chi connectivity index (χ2n) is 7.87. The van der Waals surface area contributed by atoms with Gasteiger partial charge in [0.25, 0.3) is 0 Å². The first-order valence-electron chi connectivity index (χ1n) is 8.43. The Morgan fingerprint density at radius 3 is 2.65 bits per heavy atom. The Balaban J connectivity index is 1.88. The van der Waals surface area contributed by atoms with Gasteiger partial charge >= 0.3 is 0 Å². The van der Waals surface area contributed by atoms with E-state index in [0.717, 1.165) is 54.8 Å². The van der Waals surface area contributed by atoms with Crippen molar-refractivity contribution in [1.29, 1.82) is 5.41 Å². The fourth-order valence-corrected chi connectivity index (χ4v) is 3.62. The molecule has 0 atom stereocenters. The van der Waals surface area contributed by atoms with Crippen LogP contribution in [0, 0.1) is 10.8 Å². The predicted octanol–water partition coefficient (Wildman–Crippen LogP) is 3.65. The van der Waals surface area contributed by atoms with Crippen LogP contribution in [-0.2, 0) is 6.42 Å². The summed E-state index contributed by atoms with van der Waals surface area (Å²) in [5.74, 6) is 0. The second kappa shape index (κ2) is 5.59. The van der Waals surface area contributed by atoms with Crippen LogP contribution in [0.5, 0.6) is 0 Å². The van der Waals surface area contributed by atoms with E-state index >= 15 is 0 Å². The summed E-state index contributed by atoms with van der Waals surface area (Å²) in [7, 11) is 4.16. The molecule has 1 aromatic rings. The van der Waals surface area contributed by atoms with E-state index in [1.54, 1.807) is 0 Å². The maximum atomic E-state index is 8.60. The topological polar surface area (TPSA) is 68.9 Å². The molecule has 0 unspecified atom stereocenters. The van der Waals surface area contributed by atoms with E-state index in [-0.39, 0.29) is 5.41 Å². The average Bonchev–Trinajstić information content (AvgIpc) is 2.88. The minimum atomic E-state index is 0.256. The largest absolute Gasteiger partial charge is 0.402 e. The van der Waals surface area contributed by atoms with Crippen LogP contribution in [0.3, 0.4) is 0 Å². The summed E-state index contributed by atoms with van der Waals surface area (Å²) in [4.78, 5) is 5.60. The molecule has 0 aliphatic heterocycles. The minimum Gasteiger partial charge on any atom is -0.402 e. The molecule has 2 aliphatic carbocycles. The summed E-state index contributed by atoms with van der Waals surface area (Å²) in [6.07, 6.45) is 7.18. The molecule has 23 heavy (non-hydrogen) atoms. The molecule has 3 rings (SSSR count). The molecule has 0 amide bonds. The van der Waals surface area contributed by atoms with Crippen molar-refractivity contribution in [2.45, 2.75) is 46.0 Å². The number of hydrogen-bond acceptors (Lipinski definition) is 3. The van der Waals surface area contributed by atoms with E-state index in [4.69, 9.17) is 11.1 Å². The Morgan fingerprint density at radius 1 is 1.26 bits per heavy atom. The van der Waals surface area contributed by atoms with Gasteiger partial charge < -0.3 is 15.6 Å². The zero-order chi connectivity index (χ0) is 16.8. The molecule has 0 aromatic carbocycles. The Labute approximate surface area is 139 Å². The highest BCUT2D eigenvalue weighted by Gasteiger charge is 2.28. The summed E-state index contributed by atoms with van der Waals surface area (Å²) >= 11 is 0. The smallest absolute Gasteiger partial charge is 0.0823 e. The lowest BCUT2D eigenvalue weighted by Crippen LogP contribution is -2.25. The number of rotatable bonds is 3. The van der Waals surface area contributed by atoms with Gasteiger partial charge in [-0.3, -0.25) is 5.41 Å². The number of nitrogens with zero attached hydrogens (tertiary/aromatic N) is 1. The van der Waals surface area contributed by atoms with Gasteiger partial charge in [0, 0.05) is 31.2 Å². The van der Waals surface area contributed by atoms with Crippen molar-refractivity contribution in [2.75, 3.05) is 14.1 Å². The molecule has 0 saturated heterocycles. The van der Waals surface area contributed by atoms with Crippen LogP contribution in [0.25, 0.3) is 6.08 Å². The first kappa shape index (κ1) is 15.9. The number of nitrogens with two attached hydrogens (primary N) is 1. The molecule has 0 fully saturated rings. The summed E-state index contributed by atoms with van der Waals surface area (Å²) in [6.45, 7) is 4.50. The Bertz CT molecular complexity index is 701. The summed E-state index contributed by atoms with van der Waals surface area (Å²) in [6, 6.07) is 2.14. The van der Waals surface area contributed by atoms with Gasteiger partial charge in [-0.1, -0.05) is 13.8 Å². The number of aromatic nitrogens is 1. The van der Waals surface area contributed by atoms with E-state index in [9.17, 15) is 0 Å². The third-order valence-corrected chi connectivity index (χ3v) is 5.15. The van der Waals surface area contributed by atoms with E-state index in [1.807, 2.05) is 0 Å². The highest BCUT2D eigenvalue weighted by atomic mass is 15.1. The number of allylic oxidation sites excluding steroid dienone is 3. The molecule has 1 aromatic heterocycles. The van der Waals surface area contributed by atoms with Crippen molar-refractivity contribution in [1.82, 2.24) is 9.88 Å². The number of aromatic amines is 1. The molecule has 0 spiro atoms. The van der Waals surface area contributed by atoms with Gasteiger partial charge in [-0.25, -0.2) is 0 Å². The lowest BCUT2D eigenvalue weighted by molar-refractivity contribution is 0.315. The fraction of sp³-hybridized carbons (Fsp3) is 0.526. The van der Waals surface area contributed by atoms with Crippen LogP contribution in [0.15, 0.2) is 23.0 Å². The van der Waals surface area contributed by atoms with Gasteiger partial charge in [0.2, 0.25) is 0 Å². The van der Waals surface area contributed by atoms with Crippen LogP contribution in [0.1, 0.15) is 56.5 Å². The van der Waals surface area contributed by atoms with Gasteiger partial charge in [-0.2, -0.15) is 0 Å². The first-order valence-corrected chi connectivity index (χ1v) is 8.43. The Hall–Kier alpha value is -1.97. The maximum Gasteiger partial charge on any atom is 0.0823 e. The van der Waals surface area contributed by atoms with Crippen LogP contribution >= 0.6 is 0 Å². The van der Waals surface area contributed by atoms with Crippen molar-refractivity contribution in [3.63, 3.8) is 0 Å². The number of H-pyrrole nitrogens is 1. The summed E-state index contributed by atoms with van der Waals surface area (Å²) in [5, 5.41) is 8.60. The van der Waals surface area contributed by atoms with Crippen molar-refractivity contribution in [3.8, 4) is 0 Å². The number of aryl methyl sites for hydroxylation is 1. The molecule has 4 N–H and O–H groups in total. The lowest BCUT2D eigenvalue weighted by atomic mass is 9.75. The van der Waals surface area contributed by atoms with E-state index in [2.05, 4.69) is 50.0 Å². The monoisotopic (exact) mass is 312 g/mol. The summed E-state index contributed by atoms with van der Waals surface area (Å²) < 4.78 is 0. The van der Waals surface area contributed by atoms with Crippen molar-refractivity contribution in [3.05, 3.63) is 40.0 Å². The molecule has 1 heterocycles. The molecule has 0 bridgehead atoms. The van der Waals surface area contributed by atoms with Gasteiger partial charge in [0.15, 0.2) is 0 Å². The first-order chi connectivity index (χ1) is 10.8. The lowest BCUT2D eigenvalue weighted by Gasteiger charge is -2.31. The highest BCUT2D eigenvalue weighted by Crippen LogP contribution is 2.38. The van der Waals surface area contributed by atoms with Gasteiger partial charge in [0.1, 0.15) is 0 Å². The molecule has 0 radical (unpaired) electrons. The third kappa shape index (κ3) is 3.07. The molecular weight excluding hydrogens is 284 g/mol. The molecule has 4 nitrogen and oxygen atoms in total.